The van der Waals surface area contributed by atoms with Gasteiger partial charge in [0.05, 0.1) is 19.1 Å². The average Bonchev–Trinajstić information content (AvgIpc) is 3.08. The number of aliphatic hydroxyl groups is 1. The number of hydrogen-bond acceptors (Lipinski definition) is 6. The quantitative estimate of drug-likeness (QED) is 0.403. The maximum atomic E-state index is 14.1. The van der Waals surface area contributed by atoms with Gasteiger partial charge in [0, 0.05) is 41.2 Å². The predicted molar refractivity (Wildman–Crippen MR) is 140 cm³/mol. The van der Waals surface area contributed by atoms with Crippen molar-refractivity contribution in [2.24, 2.45) is 39.4 Å². The Labute approximate surface area is 221 Å². The minimum atomic E-state index is -0.512. The van der Waals surface area contributed by atoms with Crippen molar-refractivity contribution in [1.29, 1.82) is 0 Å². The highest BCUT2D eigenvalue weighted by Gasteiger charge is 2.67. The van der Waals surface area contributed by atoms with Crippen LogP contribution < -0.4 is 0 Å². The number of hydrogen-bond donors (Lipinski definition) is 1. The van der Waals surface area contributed by atoms with Crippen molar-refractivity contribution in [1.82, 2.24) is 0 Å². The third-order valence-electron chi connectivity index (χ3n) is 11.3. The molecular weight excluding hydrogens is 468 g/mol. The van der Waals surface area contributed by atoms with Crippen LogP contribution in [0.2, 0.25) is 0 Å². The molecule has 204 valence electrons. The molecule has 0 heterocycles. The van der Waals surface area contributed by atoms with E-state index < -0.39 is 39.7 Å². The number of esters is 1. The van der Waals surface area contributed by atoms with Crippen molar-refractivity contribution in [3.05, 3.63) is 22.8 Å². The van der Waals surface area contributed by atoms with Crippen LogP contribution in [-0.2, 0) is 23.9 Å². The summed E-state index contributed by atoms with van der Waals surface area (Å²) in [6.45, 7) is 14.1. The van der Waals surface area contributed by atoms with E-state index in [1.54, 1.807) is 13.0 Å². The zero-order valence-corrected chi connectivity index (χ0v) is 23.8. The number of ketones is 3. The second-order valence-electron chi connectivity index (χ2n) is 13.6. The molecule has 0 saturated heterocycles. The van der Waals surface area contributed by atoms with Gasteiger partial charge in [0.15, 0.2) is 17.3 Å². The minimum absolute atomic E-state index is 0.00386. The molecule has 0 radical (unpaired) electrons. The zero-order chi connectivity index (χ0) is 27.7. The second-order valence-corrected chi connectivity index (χ2v) is 13.6. The summed E-state index contributed by atoms with van der Waals surface area (Å²) in [5.74, 6) is -0.989. The van der Waals surface area contributed by atoms with Gasteiger partial charge in [-0.25, -0.2) is 0 Å². The fraction of sp³-hybridized carbons (Fsp3) is 0.742. The summed E-state index contributed by atoms with van der Waals surface area (Å²) in [7, 11) is 1.32. The van der Waals surface area contributed by atoms with Crippen LogP contribution in [0.5, 0.6) is 0 Å². The van der Waals surface area contributed by atoms with E-state index in [1.807, 2.05) is 20.8 Å². The summed E-state index contributed by atoms with van der Waals surface area (Å²) < 4.78 is 4.75. The highest BCUT2D eigenvalue weighted by molar-refractivity contribution is 6.11. The van der Waals surface area contributed by atoms with Crippen molar-refractivity contribution in [3.8, 4) is 0 Å². The Hall–Kier alpha value is -2.08. The lowest BCUT2D eigenvalue weighted by Crippen LogP contribution is -2.58. The highest BCUT2D eigenvalue weighted by Crippen LogP contribution is 2.70. The van der Waals surface area contributed by atoms with E-state index >= 15 is 0 Å². The van der Waals surface area contributed by atoms with Gasteiger partial charge in [0.25, 0.3) is 0 Å². The first kappa shape index (κ1) is 27.9. The van der Waals surface area contributed by atoms with Crippen molar-refractivity contribution < 1.29 is 29.0 Å². The Kier molecular flexibility index (Phi) is 6.79. The van der Waals surface area contributed by atoms with E-state index in [9.17, 15) is 24.3 Å². The van der Waals surface area contributed by atoms with Gasteiger partial charge >= 0.3 is 5.97 Å². The number of Topliss-reactive ketones (excluding diaryl/α,β-unsaturated/α-hetero) is 2. The van der Waals surface area contributed by atoms with Gasteiger partial charge in [-0.05, 0) is 61.3 Å². The normalized spacial score (nSPS) is 40.0. The van der Waals surface area contributed by atoms with E-state index in [1.165, 1.54) is 7.11 Å². The molecule has 2 saturated carbocycles. The minimum Gasteiger partial charge on any atom is -0.469 e. The van der Waals surface area contributed by atoms with Crippen LogP contribution in [0.4, 0.5) is 0 Å². The third-order valence-corrected chi connectivity index (χ3v) is 11.3. The smallest absolute Gasteiger partial charge is 0.308 e. The van der Waals surface area contributed by atoms with Gasteiger partial charge in [-0.2, -0.15) is 0 Å². The van der Waals surface area contributed by atoms with Crippen LogP contribution in [0.3, 0.4) is 0 Å². The maximum Gasteiger partial charge on any atom is 0.308 e. The lowest BCUT2D eigenvalue weighted by molar-refractivity contribution is -0.146. The van der Waals surface area contributed by atoms with Crippen molar-refractivity contribution >= 4 is 23.3 Å². The molecule has 7 atom stereocenters. The van der Waals surface area contributed by atoms with Gasteiger partial charge in [-0.1, -0.05) is 47.1 Å². The topological polar surface area (TPSA) is 97.7 Å². The predicted octanol–water partition coefficient (Wildman–Crippen LogP) is 5.17. The van der Waals surface area contributed by atoms with Crippen LogP contribution in [-0.4, -0.2) is 41.6 Å². The zero-order valence-electron chi connectivity index (χ0n) is 23.8. The first-order valence-electron chi connectivity index (χ1n) is 13.8. The Balaban J connectivity index is 1.73. The van der Waals surface area contributed by atoms with Crippen LogP contribution >= 0.6 is 0 Å². The molecule has 0 aromatic heterocycles. The summed E-state index contributed by atoms with van der Waals surface area (Å²) in [5.41, 5.74) is 0.597. The number of methoxy groups -OCH3 is 1. The molecular formula is C31H44O6. The Morgan fingerprint density at radius 1 is 1.05 bits per heavy atom. The molecule has 2 fully saturated rings. The standard InChI is InChI=1S/C31H44O6/c1-17(13-19(32)14-18(2)27(36)37-8)20-9-12-30(6)26-21(33)15-23-28(3,4)24(35)10-11-29(23,5)25(26)22(34)16-31(20,30)7/h13,18,20,23-24,35H,9-12,14-16H2,1-8H3/b17-13-/t18?,20-,23?,24?,29+,30?,31-/m1/s1. The van der Waals surface area contributed by atoms with Gasteiger partial charge < -0.3 is 9.84 Å². The molecule has 0 aromatic rings. The van der Waals surface area contributed by atoms with E-state index in [0.29, 0.717) is 25.7 Å². The molecule has 0 aliphatic heterocycles. The monoisotopic (exact) mass is 512 g/mol. The number of carbonyl (C=O) groups excluding carboxylic acids is 4. The number of carbonyl (C=O) groups is 4. The van der Waals surface area contributed by atoms with Gasteiger partial charge in [0.1, 0.15) is 0 Å². The Morgan fingerprint density at radius 3 is 2.32 bits per heavy atom. The number of fused-ring (bicyclic) bond motifs is 4. The lowest BCUT2D eigenvalue weighted by atomic mass is 9.43. The molecule has 6 nitrogen and oxygen atoms in total. The third kappa shape index (κ3) is 3.92. The molecule has 0 amide bonds. The summed E-state index contributed by atoms with van der Waals surface area (Å²) >= 11 is 0. The largest absolute Gasteiger partial charge is 0.469 e. The molecule has 4 aliphatic rings. The van der Waals surface area contributed by atoms with Crippen LogP contribution in [0, 0.1) is 39.4 Å². The summed E-state index contributed by atoms with van der Waals surface area (Å²) in [5, 5.41) is 10.8. The first-order valence-corrected chi connectivity index (χ1v) is 13.8. The molecule has 4 aliphatic carbocycles. The second kappa shape index (κ2) is 9.00. The molecule has 1 N–H and O–H groups in total. The molecule has 0 bridgehead atoms. The van der Waals surface area contributed by atoms with E-state index in [-0.39, 0.29) is 35.6 Å². The average molecular weight is 513 g/mol. The summed E-state index contributed by atoms with van der Waals surface area (Å²) in [6.07, 6.45) is 4.88. The van der Waals surface area contributed by atoms with Crippen LogP contribution in [0.15, 0.2) is 22.8 Å². The van der Waals surface area contributed by atoms with Gasteiger partial charge in [-0.15, -0.1) is 0 Å². The summed E-state index contributed by atoms with van der Waals surface area (Å²) in [6, 6.07) is 0. The van der Waals surface area contributed by atoms with E-state index in [4.69, 9.17) is 4.74 Å². The fourth-order valence-electron chi connectivity index (χ4n) is 8.88. The molecule has 4 unspecified atom stereocenters. The number of ether oxygens (including phenoxy) is 1. The maximum absolute atomic E-state index is 14.1. The Morgan fingerprint density at radius 2 is 1.70 bits per heavy atom. The van der Waals surface area contributed by atoms with Gasteiger partial charge in [-0.3, -0.25) is 19.2 Å². The van der Waals surface area contributed by atoms with E-state index in [0.717, 1.165) is 29.6 Å². The van der Waals surface area contributed by atoms with Crippen molar-refractivity contribution in [2.45, 2.75) is 99.5 Å². The number of aliphatic hydroxyl groups excluding tert-OH is 1. The molecule has 0 spiro atoms. The van der Waals surface area contributed by atoms with Crippen molar-refractivity contribution in [2.75, 3.05) is 7.11 Å². The summed E-state index contributed by atoms with van der Waals surface area (Å²) in [4.78, 5) is 52.5. The SMILES string of the molecule is COC(=O)C(C)CC(=O)/C=C(/C)[C@H]1CCC2(C)C3=C(C(=O)C[C@]12C)[C@@]1(C)CCC(O)C(C)(C)C1CC3=O. The number of rotatable bonds is 5. The lowest BCUT2D eigenvalue weighted by Gasteiger charge is -2.60. The van der Waals surface area contributed by atoms with Crippen LogP contribution in [0.25, 0.3) is 0 Å². The highest BCUT2D eigenvalue weighted by atomic mass is 16.5. The first-order chi connectivity index (χ1) is 17.0. The Bertz CT molecular complexity index is 1110. The van der Waals surface area contributed by atoms with E-state index in [2.05, 4.69) is 20.8 Å². The van der Waals surface area contributed by atoms with Crippen molar-refractivity contribution in [3.63, 3.8) is 0 Å². The number of allylic oxidation sites excluding steroid dienone is 4. The molecule has 4 rings (SSSR count). The van der Waals surface area contributed by atoms with Gasteiger partial charge in [0.2, 0.25) is 0 Å². The molecule has 0 aromatic carbocycles. The molecule has 6 heteroatoms. The van der Waals surface area contributed by atoms with Crippen LogP contribution in [0.1, 0.15) is 93.4 Å². The molecule has 37 heavy (non-hydrogen) atoms. The fourth-order valence-corrected chi connectivity index (χ4v) is 8.88.